The van der Waals surface area contributed by atoms with Crippen molar-refractivity contribution in [3.8, 4) is 0 Å². The first-order valence-electron chi connectivity index (χ1n) is 5.05. The van der Waals surface area contributed by atoms with Gasteiger partial charge in [0.15, 0.2) is 0 Å². The topological polar surface area (TPSA) is 89.7 Å². The van der Waals surface area contributed by atoms with E-state index in [4.69, 9.17) is 4.74 Å². The van der Waals surface area contributed by atoms with Gasteiger partial charge in [-0.25, -0.2) is 0 Å². The Morgan fingerprint density at radius 3 is 2.94 bits per heavy atom. The van der Waals surface area contributed by atoms with Gasteiger partial charge in [-0.3, -0.25) is 14.9 Å². The number of carbonyl (C=O) groups excluding carboxylic acids is 1. The number of nitrogens with zero attached hydrogens (tertiary/aromatic N) is 1. The molecular formula is C9H15NO5S. The van der Waals surface area contributed by atoms with Crippen molar-refractivity contribution < 1.29 is 19.6 Å². The number of ether oxygens (including phenoxy) is 1. The number of esters is 1. The molecule has 1 fully saturated rings. The Morgan fingerprint density at radius 2 is 2.44 bits per heavy atom. The van der Waals surface area contributed by atoms with Gasteiger partial charge in [-0.2, -0.15) is 11.8 Å². The molecule has 0 aromatic rings. The highest BCUT2D eigenvalue weighted by molar-refractivity contribution is 7.99. The minimum Gasteiger partial charge on any atom is -0.466 e. The molecule has 6 nitrogen and oxygen atoms in total. The normalized spacial score (nSPS) is 29.0. The van der Waals surface area contributed by atoms with E-state index >= 15 is 0 Å². The highest BCUT2D eigenvalue weighted by Gasteiger charge is 2.54. The van der Waals surface area contributed by atoms with Crippen LogP contribution in [0.5, 0.6) is 0 Å². The summed E-state index contributed by atoms with van der Waals surface area (Å²) < 4.78 is 4.77. The summed E-state index contributed by atoms with van der Waals surface area (Å²) in [5, 5.41) is 20.2. The second-order valence-electron chi connectivity index (χ2n) is 3.74. The van der Waals surface area contributed by atoms with Gasteiger partial charge in [-0.15, -0.1) is 0 Å². The van der Waals surface area contributed by atoms with Crippen molar-refractivity contribution >= 4 is 17.7 Å². The third-order valence-electron chi connectivity index (χ3n) is 2.79. The van der Waals surface area contributed by atoms with Crippen LogP contribution in [0.15, 0.2) is 0 Å². The fourth-order valence-electron chi connectivity index (χ4n) is 1.76. The number of rotatable bonds is 5. The molecular weight excluding hydrogens is 234 g/mol. The summed E-state index contributed by atoms with van der Waals surface area (Å²) in [6.45, 7) is 1.43. The van der Waals surface area contributed by atoms with E-state index in [2.05, 4.69) is 0 Å². The molecule has 0 bridgehead atoms. The molecule has 7 heteroatoms. The highest BCUT2D eigenvalue weighted by atomic mass is 32.2. The van der Waals surface area contributed by atoms with E-state index < -0.39 is 29.0 Å². The van der Waals surface area contributed by atoms with E-state index in [0.717, 1.165) is 0 Å². The van der Waals surface area contributed by atoms with Gasteiger partial charge < -0.3 is 9.84 Å². The Balaban J connectivity index is 2.71. The van der Waals surface area contributed by atoms with E-state index in [-0.39, 0.29) is 18.8 Å². The molecule has 1 saturated heterocycles. The molecule has 1 N–H and O–H groups in total. The van der Waals surface area contributed by atoms with Gasteiger partial charge in [0.05, 0.1) is 24.7 Å². The highest BCUT2D eigenvalue weighted by Crippen LogP contribution is 2.38. The Bertz CT molecular complexity index is 285. The van der Waals surface area contributed by atoms with E-state index in [1.54, 1.807) is 6.92 Å². The Hall–Kier alpha value is -0.820. The van der Waals surface area contributed by atoms with Gasteiger partial charge in [0.2, 0.25) is 0 Å². The fraction of sp³-hybridized carbons (Fsp3) is 0.889. The van der Waals surface area contributed by atoms with Crippen molar-refractivity contribution in [2.75, 3.05) is 24.7 Å². The van der Waals surface area contributed by atoms with Crippen LogP contribution in [0.3, 0.4) is 0 Å². The lowest BCUT2D eigenvalue weighted by atomic mass is 9.86. The van der Waals surface area contributed by atoms with Crippen molar-refractivity contribution in [2.45, 2.75) is 18.9 Å². The first-order chi connectivity index (χ1) is 7.56. The van der Waals surface area contributed by atoms with Crippen LogP contribution in [-0.2, 0) is 9.53 Å². The number of aliphatic hydroxyl groups is 1. The number of hydrogen-bond acceptors (Lipinski definition) is 6. The van der Waals surface area contributed by atoms with Crippen LogP contribution in [0.25, 0.3) is 0 Å². The van der Waals surface area contributed by atoms with Crippen LogP contribution < -0.4 is 0 Å². The SMILES string of the molecule is CCOC(=O)CC1CSCC1(CO)[N+](=O)[O-]. The number of carbonyl (C=O) groups is 1. The smallest absolute Gasteiger partial charge is 0.306 e. The van der Waals surface area contributed by atoms with Crippen molar-refractivity contribution in [1.29, 1.82) is 0 Å². The molecule has 0 radical (unpaired) electrons. The summed E-state index contributed by atoms with van der Waals surface area (Å²) in [6, 6.07) is 0. The Morgan fingerprint density at radius 1 is 1.75 bits per heavy atom. The quantitative estimate of drug-likeness (QED) is 0.428. The first-order valence-corrected chi connectivity index (χ1v) is 6.21. The maximum atomic E-state index is 11.3. The molecule has 2 atom stereocenters. The van der Waals surface area contributed by atoms with Crippen LogP contribution in [0.1, 0.15) is 13.3 Å². The van der Waals surface area contributed by atoms with Crippen LogP contribution in [0, 0.1) is 16.0 Å². The molecule has 1 aliphatic heterocycles. The zero-order chi connectivity index (χ0) is 12.2. The van der Waals surface area contributed by atoms with Crippen LogP contribution in [0.4, 0.5) is 0 Å². The predicted molar refractivity (Wildman–Crippen MR) is 58.9 cm³/mol. The number of aliphatic hydroxyl groups excluding tert-OH is 1. The van der Waals surface area contributed by atoms with Gasteiger partial charge in [0.25, 0.3) is 5.54 Å². The van der Waals surface area contributed by atoms with Gasteiger partial charge >= 0.3 is 5.97 Å². The number of nitro groups is 1. The maximum absolute atomic E-state index is 11.3. The molecule has 1 rings (SSSR count). The van der Waals surface area contributed by atoms with Gasteiger partial charge in [0.1, 0.15) is 6.61 Å². The standard InChI is InChI=1S/C9H15NO5S/c1-2-15-8(12)3-7-4-16-6-9(7,5-11)10(13)14/h7,11H,2-6H2,1H3. The largest absolute Gasteiger partial charge is 0.466 e. The lowest BCUT2D eigenvalue weighted by Gasteiger charge is -2.23. The van der Waals surface area contributed by atoms with E-state index in [0.29, 0.717) is 5.75 Å². The molecule has 0 aliphatic carbocycles. The third kappa shape index (κ3) is 2.46. The lowest BCUT2D eigenvalue weighted by Crippen LogP contribution is -2.49. The molecule has 1 heterocycles. The zero-order valence-electron chi connectivity index (χ0n) is 9.05. The molecule has 92 valence electrons. The summed E-state index contributed by atoms with van der Waals surface area (Å²) >= 11 is 1.39. The molecule has 1 aliphatic rings. The molecule has 0 saturated carbocycles. The van der Waals surface area contributed by atoms with Gasteiger partial charge in [-0.05, 0) is 6.92 Å². The van der Waals surface area contributed by atoms with Crippen LogP contribution >= 0.6 is 11.8 Å². The number of thioether (sulfide) groups is 1. The van der Waals surface area contributed by atoms with Crippen LogP contribution in [0.2, 0.25) is 0 Å². The monoisotopic (exact) mass is 249 g/mol. The van der Waals surface area contributed by atoms with E-state index in [1.165, 1.54) is 11.8 Å². The van der Waals surface area contributed by atoms with Crippen LogP contribution in [-0.4, -0.2) is 46.3 Å². The van der Waals surface area contributed by atoms with Crippen molar-refractivity contribution in [2.24, 2.45) is 5.92 Å². The van der Waals surface area contributed by atoms with E-state index in [1.807, 2.05) is 0 Å². The summed E-state index contributed by atoms with van der Waals surface area (Å²) in [6.07, 6.45) is 0.00236. The lowest BCUT2D eigenvalue weighted by molar-refractivity contribution is -0.575. The first kappa shape index (κ1) is 13.2. The Kier molecular flexibility index (Phi) is 4.55. The average molecular weight is 249 g/mol. The fourth-order valence-corrected chi connectivity index (χ4v) is 3.37. The second-order valence-corrected chi connectivity index (χ2v) is 4.77. The van der Waals surface area contributed by atoms with Gasteiger partial charge in [-0.1, -0.05) is 0 Å². The molecule has 0 amide bonds. The van der Waals surface area contributed by atoms with E-state index in [9.17, 15) is 20.0 Å². The maximum Gasteiger partial charge on any atom is 0.306 e. The molecule has 16 heavy (non-hydrogen) atoms. The second kappa shape index (κ2) is 5.49. The van der Waals surface area contributed by atoms with Crippen molar-refractivity contribution in [1.82, 2.24) is 0 Å². The minimum atomic E-state index is -1.38. The molecule has 0 spiro atoms. The molecule has 2 unspecified atom stereocenters. The summed E-state index contributed by atoms with van der Waals surface area (Å²) in [5.41, 5.74) is -1.38. The molecule has 0 aromatic heterocycles. The minimum absolute atomic E-state index is 0.00236. The zero-order valence-corrected chi connectivity index (χ0v) is 9.87. The average Bonchev–Trinajstić information content (AvgIpc) is 2.62. The third-order valence-corrected chi connectivity index (χ3v) is 4.13. The summed E-state index contributed by atoms with van der Waals surface area (Å²) in [7, 11) is 0. The van der Waals surface area contributed by atoms with Crippen molar-refractivity contribution in [3.63, 3.8) is 0 Å². The van der Waals surface area contributed by atoms with Gasteiger partial charge in [0, 0.05) is 10.7 Å². The Labute approximate surface area is 97.5 Å². The predicted octanol–water partition coefficient (Wildman–Crippen LogP) is 0.310. The number of hydrogen-bond donors (Lipinski definition) is 1. The molecule has 0 aromatic carbocycles. The summed E-state index contributed by atoms with van der Waals surface area (Å²) in [5.74, 6) is -0.118. The summed E-state index contributed by atoms with van der Waals surface area (Å²) in [4.78, 5) is 21.8. The van der Waals surface area contributed by atoms with Crippen molar-refractivity contribution in [3.05, 3.63) is 10.1 Å².